The molecule has 34 heavy (non-hydrogen) atoms. The van der Waals surface area contributed by atoms with E-state index in [-0.39, 0.29) is 6.61 Å². The quantitative estimate of drug-likeness (QED) is 0.226. The maximum absolute atomic E-state index is 12.9. The van der Waals surface area contributed by atoms with Crippen molar-refractivity contribution >= 4 is 55.7 Å². The van der Waals surface area contributed by atoms with Gasteiger partial charge in [-0.25, -0.2) is 14.8 Å². The van der Waals surface area contributed by atoms with Gasteiger partial charge in [-0.2, -0.15) is 0 Å². The zero-order valence-electron chi connectivity index (χ0n) is 18.9. The first-order chi connectivity index (χ1) is 16.5. The lowest BCUT2D eigenvalue weighted by Gasteiger charge is -2.10. The van der Waals surface area contributed by atoms with Crippen LogP contribution in [0.5, 0.6) is 0 Å². The normalized spacial score (nSPS) is 12.2. The third kappa shape index (κ3) is 5.42. The molecule has 4 aromatic rings. The Kier molecular flexibility index (Phi) is 8.17. The first-order valence-electron chi connectivity index (χ1n) is 10.8. The standard InChI is InChI=1S/C24H25N3O4S3/c1-3-4-11-34(29)24-21(25)20-17(12-18(27-23(20)33-24)22-26-9-10-32-22)16-7-5-15(6-8-16)13-31-14-19(28)30-2/h5-10,12H,3-4,11,13-14,25H2,1-2H3. The maximum Gasteiger partial charge on any atom is 0.331 e. The zero-order chi connectivity index (χ0) is 24.1. The number of ether oxygens (including phenoxy) is 2. The predicted molar refractivity (Wildman–Crippen MR) is 138 cm³/mol. The number of thiophene rings is 1. The van der Waals surface area contributed by atoms with Crippen LogP contribution >= 0.6 is 22.7 Å². The maximum atomic E-state index is 12.9. The summed E-state index contributed by atoms with van der Waals surface area (Å²) in [4.78, 5) is 21.2. The van der Waals surface area contributed by atoms with E-state index in [0.29, 0.717) is 22.3 Å². The molecule has 0 amide bonds. The molecule has 0 aliphatic heterocycles. The highest BCUT2D eigenvalue weighted by atomic mass is 32.2. The molecule has 178 valence electrons. The lowest BCUT2D eigenvalue weighted by molar-refractivity contribution is -0.146. The van der Waals surface area contributed by atoms with Gasteiger partial charge in [0.1, 0.15) is 33.6 Å². The Morgan fingerprint density at radius 1 is 1.26 bits per heavy atom. The van der Waals surface area contributed by atoms with Gasteiger partial charge in [0.15, 0.2) is 0 Å². The van der Waals surface area contributed by atoms with Crippen LogP contribution in [0, 0.1) is 0 Å². The second kappa shape index (κ2) is 11.3. The molecule has 0 saturated heterocycles. The van der Waals surface area contributed by atoms with Gasteiger partial charge < -0.3 is 19.8 Å². The molecule has 1 atom stereocenters. The molecule has 3 heterocycles. The fraction of sp³-hybridized carbons (Fsp3) is 0.292. The third-order valence-electron chi connectivity index (χ3n) is 5.19. The summed E-state index contributed by atoms with van der Waals surface area (Å²) in [5.74, 6) is 0.174. The van der Waals surface area contributed by atoms with Crippen molar-refractivity contribution in [2.45, 2.75) is 30.6 Å². The number of unbranched alkanes of at least 4 members (excludes halogenated alkanes) is 1. The molecule has 0 saturated carbocycles. The van der Waals surface area contributed by atoms with Gasteiger partial charge in [0.2, 0.25) is 4.21 Å². The number of esters is 1. The SMILES string of the molecule is CCCC[S+]([O-])c1sc2nc(-c3nccs3)cc(-c3ccc(COCC(=O)OC)cc3)c2c1N. The van der Waals surface area contributed by atoms with Gasteiger partial charge in [-0.3, -0.25) is 0 Å². The van der Waals surface area contributed by atoms with E-state index < -0.39 is 17.1 Å². The second-order valence-electron chi connectivity index (χ2n) is 7.54. The number of benzene rings is 1. The summed E-state index contributed by atoms with van der Waals surface area (Å²) in [7, 11) is 1.33. The number of carbonyl (C=O) groups is 1. The molecule has 0 spiro atoms. The predicted octanol–water partition coefficient (Wildman–Crippen LogP) is 5.27. The van der Waals surface area contributed by atoms with E-state index in [0.717, 1.165) is 50.5 Å². The van der Waals surface area contributed by atoms with E-state index >= 15 is 0 Å². The molecule has 3 aromatic heterocycles. The number of nitrogens with zero attached hydrogens (tertiary/aromatic N) is 2. The van der Waals surface area contributed by atoms with Crippen molar-refractivity contribution in [3.8, 4) is 21.8 Å². The monoisotopic (exact) mass is 515 g/mol. The van der Waals surface area contributed by atoms with Gasteiger partial charge in [-0.1, -0.05) is 48.9 Å². The van der Waals surface area contributed by atoms with E-state index in [2.05, 4.69) is 16.6 Å². The molecule has 0 bridgehead atoms. The van der Waals surface area contributed by atoms with Crippen LogP contribution in [-0.2, 0) is 32.1 Å². The Bertz CT molecular complexity index is 1260. The zero-order valence-corrected chi connectivity index (χ0v) is 21.4. The smallest absolute Gasteiger partial charge is 0.331 e. The summed E-state index contributed by atoms with van der Waals surface area (Å²) >= 11 is 1.75. The number of fused-ring (bicyclic) bond motifs is 1. The number of anilines is 1. The van der Waals surface area contributed by atoms with Crippen molar-refractivity contribution in [1.29, 1.82) is 0 Å². The molecule has 4 rings (SSSR count). The molecule has 0 aliphatic carbocycles. The number of aromatic nitrogens is 2. The van der Waals surface area contributed by atoms with Crippen LogP contribution in [0.15, 0.2) is 46.1 Å². The Morgan fingerprint density at radius 3 is 2.74 bits per heavy atom. The molecule has 0 fully saturated rings. The van der Waals surface area contributed by atoms with Crippen molar-refractivity contribution in [2.24, 2.45) is 0 Å². The number of pyridine rings is 1. The largest absolute Gasteiger partial charge is 0.611 e. The number of carbonyl (C=O) groups excluding carboxylic acids is 1. The van der Waals surface area contributed by atoms with Crippen LogP contribution in [0.2, 0.25) is 0 Å². The van der Waals surface area contributed by atoms with Crippen LogP contribution < -0.4 is 5.73 Å². The number of thiazole rings is 1. The van der Waals surface area contributed by atoms with Gasteiger partial charge in [0.05, 0.1) is 13.7 Å². The van der Waals surface area contributed by atoms with Crippen molar-refractivity contribution < 1.29 is 18.8 Å². The summed E-state index contributed by atoms with van der Waals surface area (Å²) in [5, 5.41) is 3.55. The Hall–Kier alpha value is -2.50. The minimum absolute atomic E-state index is 0.0935. The van der Waals surface area contributed by atoms with Crippen LogP contribution in [0.4, 0.5) is 5.69 Å². The average Bonchev–Trinajstić information content (AvgIpc) is 3.51. The molecular formula is C24H25N3O4S3. The molecule has 0 radical (unpaired) electrons. The molecule has 2 N–H and O–H groups in total. The third-order valence-corrected chi connectivity index (χ3v) is 8.98. The molecular weight excluding hydrogens is 490 g/mol. The molecule has 1 unspecified atom stereocenters. The average molecular weight is 516 g/mol. The lowest BCUT2D eigenvalue weighted by Crippen LogP contribution is -2.09. The van der Waals surface area contributed by atoms with E-state index in [1.807, 2.05) is 35.7 Å². The molecule has 7 nitrogen and oxygen atoms in total. The van der Waals surface area contributed by atoms with E-state index in [1.165, 1.54) is 29.8 Å². The van der Waals surface area contributed by atoms with E-state index in [1.54, 1.807) is 6.20 Å². The first kappa shape index (κ1) is 24.6. The Labute approximate surface area is 209 Å². The number of hydrogen-bond donors (Lipinski definition) is 1. The van der Waals surface area contributed by atoms with Gasteiger partial charge >= 0.3 is 5.97 Å². The van der Waals surface area contributed by atoms with E-state index in [4.69, 9.17) is 15.5 Å². The lowest BCUT2D eigenvalue weighted by atomic mass is 10.0. The highest BCUT2D eigenvalue weighted by Crippen LogP contribution is 2.43. The second-order valence-corrected chi connectivity index (χ2v) is 11.2. The van der Waals surface area contributed by atoms with E-state index in [9.17, 15) is 9.35 Å². The molecule has 1 aromatic carbocycles. The summed E-state index contributed by atoms with van der Waals surface area (Å²) in [6.07, 6.45) is 3.61. The van der Waals surface area contributed by atoms with Gasteiger partial charge in [0, 0.05) is 17.0 Å². The summed E-state index contributed by atoms with van der Waals surface area (Å²) in [6, 6.07) is 9.87. The summed E-state index contributed by atoms with van der Waals surface area (Å²) in [5.41, 5.74) is 10.7. The van der Waals surface area contributed by atoms with Gasteiger partial charge in [-0.05, 0) is 40.4 Å². The molecule has 10 heteroatoms. The van der Waals surface area contributed by atoms with Crippen molar-refractivity contribution in [2.75, 3.05) is 25.2 Å². The minimum atomic E-state index is -1.16. The summed E-state index contributed by atoms with van der Waals surface area (Å²) in [6.45, 7) is 2.28. The number of nitrogens with two attached hydrogens (primary N) is 1. The fourth-order valence-corrected chi connectivity index (χ4v) is 6.81. The Balaban J connectivity index is 1.72. The van der Waals surface area contributed by atoms with Gasteiger partial charge in [0.25, 0.3) is 0 Å². The highest BCUT2D eigenvalue weighted by Gasteiger charge is 2.25. The van der Waals surface area contributed by atoms with Crippen LogP contribution in [-0.4, -0.2) is 40.0 Å². The number of methoxy groups -OCH3 is 1. The van der Waals surface area contributed by atoms with Crippen LogP contribution in [0.25, 0.3) is 32.0 Å². The number of rotatable bonds is 10. The highest BCUT2D eigenvalue weighted by molar-refractivity contribution is 7.93. The van der Waals surface area contributed by atoms with Crippen molar-refractivity contribution in [3.05, 3.63) is 47.5 Å². The van der Waals surface area contributed by atoms with Crippen molar-refractivity contribution in [1.82, 2.24) is 9.97 Å². The minimum Gasteiger partial charge on any atom is -0.611 e. The first-order valence-corrected chi connectivity index (χ1v) is 13.8. The van der Waals surface area contributed by atoms with Crippen molar-refractivity contribution in [3.63, 3.8) is 0 Å². The van der Waals surface area contributed by atoms with Crippen LogP contribution in [0.1, 0.15) is 25.3 Å². The number of hydrogen-bond acceptors (Lipinski definition) is 9. The topological polar surface area (TPSA) is 110 Å². The molecule has 0 aliphatic rings. The number of nitrogen functional groups attached to an aromatic ring is 1. The van der Waals surface area contributed by atoms with Gasteiger partial charge in [-0.15, -0.1) is 11.3 Å². The summed E-state index contributed by atoms with van der Waals surface area (Å²) < 4.78 is 23.6. The van der Waals surface area contributed by atoms with Crippen LogP contribution in [0.3, 0.4) is 0 Å². The fourth-order valence-electron chi connectivity index (χ4n) is 3.42. The Morgan fingerprint density at radius 2 is 2.06 bits per heavy atom.